The molecule has 1 aromatic carbocycles. The van der Waals surface area contributed by atoms with Gasteiger partial charge in [0.05, 0.1) is 10.6 Å². The fourth-order valence-electron chi connectivity index (χ4n) is 2.96. The van der Waals surface area contributed by atoms with Crippen molar-refractivity contribution >= 4 is 29.4 Å². The fourth-order valence-corrected chi connectivity index (χ4v) is 3.18. The summed E-state index contributed by atoms with van der Waals surface area (Å²) in [7, 11) is 0. The maximum absolute atomic E-state index is 13.0. The summed E-state index contributed by atoms with van der Waals surface area (Å²) in [6, 6.07) is 4.90. The normalized spacial score (nSPS) is 18.7. The summed E-state index contributed by atoms with van der Waals surface area (Å²) in [4.78, 5) is 38.3. The molecule has 7 heteroatoms. The molecule has 0 radical (unpaired) electrons. The van der Waals surface area contributed by atoms with Crippen molar-refractivity contribution in [2.75, 3.05) is 6.54 Å². The van der Waals surface area contributed by atoms with Crippen molar-refractivity contribution < 1.29 is 19.5 Å². The van der Waals surface area contributed by atoms with Crippen molar-refractivity contribution in [2.24, 2.45) is 5.41 Å². The average Bonchev–Trinajstić information content (AvgIpc) is 3.01. The van der Waals surface area contributed by atoms with Crippen LogP contribution in [-0.2, 0) is 9.59 Å². The molecule has 6 nitrogen and oxygen atoms in total. The van der Waals surface area contributed by atoms with E-state index in [2.05, 4.69) is 5.32 Å². The Labute approximate surface area is 152 Å². The number of likely N-dealkylation sites (tertiary alicyclic amines) is 1. The number of halogens is 1. The Morgan fingerprint density at radius 3 is 2.48 bits per heavy atom. The van der Waals surface area contributed by atoms with Gasteiger partial charge in [-0.05, 0) is 30.4 Å². The van der Waals surface area contributed by atoms with Gasteiger partial charge in [-0.3, -0.25) is 9.59 Å². The molecule has 0 aliphatic carbocycles. The van der Waals surface area contributed by atoms with Crippen LogP contribution in [-0.4, -0.2) is 46.4 Å². The highest BCUT2D eigenvalue weighted by Crippen LogP contribution is 2.26. The number of amides is 2. The molecule has 0 spiro atoms. The molecular formula is C18H23ClN2O4. The van der Waals surface area contributed by atoms with Crippen LogP contribution in [0.3, 0.4) is 0 Å². The first-order chi connectivity index (χ1) is 11.6. The summed E-state index contributed by atoms with van der Waals surface area (Å²) in [5.74, 6) is -1.85. The van der Waals surface area contributed by atoms with E-state index in [-0.39, 0.29) is 11.5 Å². The Kier molecular flexibility index (Phi) is 5.72. The second kappa shape index (κ2) is 7.44. The minimum atomic E-state index is -1.02. The number of aliphatic carboxylic acids is 1. The average molecular weight is 367 g/mol. The van der Waals surface area contributed by atoms with Crippen LogP contribution >= 0.6 is 11.6 Å². The van der Waals surface area contributed by atoms with Crippen molar-refractivity contribution in [3.8, 4) is 0 Å². The quantitative estimate of drug-likeness (QED) is 0.857. The third-order valence-corrected chi connectivity index (χ3v) is 4.66. The number of benzene rings is 1. The van der Waals surface area contributed by atoms with Crippen LogP contribution in [0.15, 0.2) is 24.3 Å². The van der Waals surface area contributed by atoms with Gasteiger partial charge < -0.3 is 15.3 Å². The number of nitrogens with one attached hydrogen (secondary N) is 1. The zero-order valence-electron chi connectivity index (χ0n) is 14.6. The highest BCUT2D eigenvalue weighted by atomic mass is 35.5. The Balaban J connectivity index is 2.25. The molecule has 1 aliphatic rings. The molecule has 136 valence electrons. The molecule has 2 amide bonds. The SMILES string of the molecule is CC(C)(C)[C@H](NC(=O)c1ccccc1Cl)C(=O)N1CCC[C@H]1C(=O)O. The monoisotopic (exact) mass is 366 g/mol. The Bertz CT molecular complexity index is 684. The maximum atomic E-state index is 13.0. The number of nitrogens with zero attached hydrogens (tertiary/aromatic N) is 1. The van der Waals surface area contributed by atoms with Gasteiger partial charge in [0.2, 0.25) is 5.91 Å². The maximum Gasteiger partial charge on any atom is 0.326 e. The predicted molar refractivity (Wildman–Crippen MR) is 94.5 cm³/mol. The Hall–Kier alpha value is -2.08. The molecule has 25 heavy (non-hydrogen) atoms. The van der Waals surface area contributed by atoms with Crippen LogP contribution in [0.4, 0.5) is 0 Å². The predicted octanol–water partition coefficient (Wildman–Crippen LogP) is 2.56. The van der Waals surface area contributed by atoms with E-state index in [0.29, 0.717) is 24.4 Å². The molecule has 1 heterocycles. The van der Waals surface area contributed by atoms with E-state index in [1.165, 1.54) is 4.90 Å². The minimum Gasteiger partial charge on any atom is -0.480 e. The highest BCUT2D eigenvalue weighted by Gasteiger charge is 2.42. The summed E-state index contributed by atoms with van der Waals surface area (Å²) in [5, 5.41) is 12.4. The number of carbonyl (C=O) groups excluding carboxylic acids is 2. The third kappa shape index (κ3) is 4.31. The lowest BCUT2D eigenvalue weighted by atomic mass is 9.85. The van der Waals surface area contributed by atoms with Gasteiger partial charge in [0.1, 0.15) is 12.1 Å². The second-order valence-electron chi connectivity index (χ2n) is 7.28. The van der Waals surface area contributed by atoms with E-state index in [0.717, 1.165) is 0 Å². The smallest absolute Gasteiger partial charge is 0.326 e. The van der Waals surface area contributed by atoms with Gasteiger partial charge in [-0.1, -0.05) is 44.5 Å². The molecule has 2 atom stereocenters. The summed E-state index contributed by atoms with van der Waals surface area (Å²) in [5.41, 5.74) is -0.304. The van der Waals surface area contributed by atoms with Gasteiger partial charge in [-0.2, -0.15) is 0 Å². The number of hydrogen-bond acceptors (Lipinski definition) is 3. The molecule has 1 fully saturated rings. The van der Waals surface area contributed by atoms with E-state index >= 15 is 0 Å². The van der Waals surface area contributed by atoms with Crippen LogP contribution in [0.2, 0.25) is 5.02 Å². The lowest BCUT2D eigenvalue weighted by Gasteiger charge is -2.34. The molecule has 1 aromatic rings. The summed E-state index contributed by atoms with van der Waals surface area (Å²) < 4.78 is 0. The number of rotatable bonds is 4. The topological polar surface area (TPSA) is 86.7 Å². The molecule has 0 saturated carbocycles. The van der Waals surface area contributed by atoms with Crippen LogP contribution in [0.25, 0.3) is 0 Å². The van der Waals surface area contributed by atoms with Gasteiger partial charge in [-0.25, -0.2) is 4.79 Å². The second-order valence-corrected chi connectivity index (χ2v) is 7.69. The van der Waals surface area contributed by atoms with Crippen molar-refractivity contribution in [1.29, 1.82) is 0 Å². The number of carbonyl (C=O) groups is 3. The molecular weight excluding hydrogens is 344 g/mol. The lowest BCUT2D eigenvalue weighted by Crippen LogP contribution is -2.56. The van der Waals surface area contributed by atoms with Gasteiger partial charge in [0.25, 0.3) is 5.91 Å². The van der Waals surface area contributed by atoms with Crippen molar-refractivity contribution in [3.63, 3.8) is 0 Å². The molecule has 1 saturated heterocycles. The first-order valence-electron chi connectivity index (χ1n) is 8.21. The standard InChI is InChI=1S/C18H23ClN2O4/c1-18(2,3)14(16(23)21-10-6-9-13(21)17(24)25)20-15(22)11-7-4-5-8-12(11)19/h4-5,7-8,13-14H,6,9-10H2,1-3H3,(H,20,22)(H,24,25)/t13-,14+/m0/s1. The van der Waals surface area contributed by atoms with Gasteiger partial charge in [0, 0.05) is 6.54 Å². The molecule has 0 bridgehead atoms. The molecule has 0 aromatic heterocycles. The Morgan fingerprint density at radius 1 is 1.28 bits per heavy atom. The summed E-state index contributed by atoms with van der Waals surface area (Å²) >= 11 is 6.05. The minimum absolute atomic E-state index is 0.280. The van der Waals surface area contributed by atoms with Gasteiger partial charge in [-0.15, -0.1) is 0 Å². The van der Waals surface area contributed by atoms with Crippen LogP contribution in [0.5, 0.6) is 0 Å². The van der Waals surface area contributed by atoms with Crippen molar-refractivity contribution in [3.05, 3.63) is 34.9 Å². The van der Waals surface area contributed by atoms with Gasteiger partial charge >= 0.3 is 5.97 Å². The fraction of sp³-hybridized carbons (Fsp3) is 0.500. The zero-order valence-corrected chi connectivity index (χ0v) is 15.3. The van der Waals surface area contributed by atoms with E-state index in [1.54, 1.807) is 24.3 Å². The van der Waals surface area contributed by atoms with Crippen LogP contribution in [0, 0.1) is 5.41 Å². The van der Waals surface area contributed by atoms with Crippen LogP contribution in [0.1, 0.15) is 44.0 Å². The van der Waals surface area contributed by atoms with E-state index < -0.39 is 29.4 Å². The first kappa shape index (κ1) is 19.2. The van der Waals surface area contributed by atoms with E-state index in [1.807, 2.05) is 20.8 Å². The molecule has 0 unspecified atom stereocenters. The van der Waals surface area contributed by atoms with Crippen molar-refractivity contribution in [2.45, 2.75) is 45.7 Å². The molecule has 2 N–H and O–H groups in total. The van der Waals surface area contributed by atoms with E-state index in [4.69, 9.17) is 11.6 Å². The zero-order chi connectivity index (χ0) is 18.8. The third-order valence-electron chi connectivity index (χ3n) is 4.33. The van der Waals surface area contributed by atoms with Crippen LogP contribution < -0.4 is 5.32 Å². The lowest BCUT2D eigenvalue weighted by molar-refractivity contribution is -0.150. The number of carboxylic acids is 1. The molecule has 1 aliphatic heterocycles. The molecule has 2 rings (SSSR count). The summed E-state index contributed by atoms with van der Waals surface area (Å²) in [6.45, 7) is 5.86. The first-order valence-corrected chi connectivity index (χ1v) is 8.59. The summed E-state index contributed by atoms with van der Waals surface area (Å²) in [6.07, 6.45) is 1.06. The number of hydrogen-bond donors (Lipinski definition) is 2. The largest absolute Gasteiger partial charge is 0.480 e. The Morgan fingerprint density at radius 2 is 1.92 bits per heavy atom. The number of carboxylic acid groups (broad SMARTS) is 1. The van der Waals surface area contributed by atoms with Gasteiger partial charge in [0.15, 0.2) is 0 Å². The van der Waals surface area contributed by atoms with E-state index in [9.17, 15) is 19.5 Å². The van der Waals surface area contributed by atoms with Crippen molar-refractivity contribution in [1.82, 2.24) is 10.2 Å². The highest BCUT2D eigenvalue weighted by molar-refractivity contribution is 6.33.